The van der Waals surface area contributed by atoms with Gasteiger partial charge in [0, 0.05) is 11.8 Å². The lowest BCUT2D eigenvalue weighted by molar-refractivity contribution is 0.969. The lowest BCUT2D eigenvalue weighted by Gasteiger charge is -2.05. The third-order valence-electron chi connectivity index (χ3n) is 3.18. The van der Waals surface area contributed by atoms with Gasteiger partial charge >= 0.3 is 0 Å². The largest absolute Gasteiger partial charge is 0.358 e. The van der Waals surface area contributed by atoms with Crippen molar-refractivity contribution >= 4 is 35.8 Å². The molecule has 0 spiro atoms. The molecule has 112 valence electrons. The summed E-state index contributed by atoms with van der Waals surface area (Å²) in [6.45, 7) is 2.59. The fraction of sp³-hybridized carbons (Fsp3) is 0.200. The van der Waals surface area contributed by atoms with Crippen LogP contribution >= 0.6 is 24.8 Å². The molecule has 3 rings (SSSR count). The Morgan fingerprint density at radius 3 is 2.43 bits per heavy atom. The number of nitrogens with zero attached hydrogens (tertiary/aromatic N) is 2. The van der Waals surface area contributed by atoms with Gasteiger partial charge in [-0.3, -0.25) is 0 Å². The lowest BCUT2D eigenvalue weighted by Crippen LogP contribution is -2.02. The van der Waals surface area contributed by atoms with Crippen molar-refractivity contribution in [2.75, 3.05) is 6.54 Å². The summed E-state index contributed by atoms with van der Waals surface area (Å²) in [6.07, 6.45) is 2.80. The van der Waals surface area contributed by atoms with E-state index in [1.54, 1.807) is 0 Å². The van der Waals surface area contributed by atoms with E-state index in [0.29, 0.717) is 6.54 Å². The molecule has 0 aliphatic rings. The normalized spacial score (nSPS) is 10.0. The third-order valence-corrected chi connectivity index (χ3v) is 3.18. The molecule has 0 fully saturated rings. The maximum atomic E-state index is 5.56. The number of fused-ring (bicyclic) bond motifs is 1. The van der Waals surface area contributed by atoms with E-state index in [1.807, 2.05) is 19.2 Å². The quantitative estimate of drug-likeness (QED) is 0.776. The molecule has 1 aromatic carbocycles. The van der Waals surface area contributed by atoms with Crippen LogP contribution in [-0.2, 0) is 6.42 Å². The number of aromatic amines is 1. The zero-order chi connectivity index (χ0) is 13.2. The van der Waals surface area contributed by atoms with Crippen LogP contribution in [0, 0.1) is 6.92 Å². The molecule has 21 heavy (non-hydrogen) atoms. The van der Waals surface area contributed by atoms with Gasteiger partial charge in [0.15, 0.2) is 0 Å². The number of hydrogen-bond acceptors (Lipinski definition) is 3. The second-order valence-electron chi connectivity index (χ2n) is 4.59. The molecule has 0 aliphatic heterocycles. The number of H-pyrrole nitrogens is 1. The molecule has 3 N–H and O–H groups in total. The van der Waals surface area contributed by atoms with Crippen LogP contribution in [-0.4, -0.2) is 21.5 Å². The van der Waals surface area contributed by atoms with E-state index in [2.05, 4.69) is 39.2 Å². The molecule has 6 heteroatoms. The Balaban J connectivity index is 0.00000110. The summed E-state index contributed by atoms with van der Waals surface area (Å²) in [6, 6.07) is 10.4. The summed E-state index contributed by atoms with van der Waals surface area (Å²) in [5, 5.41) is 0. The minimum absolute atomic E-state index is 0. The van der Waals surface area contributed by atoms with Crippen LogP contribution in [0.2, 0.25) is 0 Å². The predicted molar refractivity (Wildman–Crippen MR) is 91.3 cm³/mol. The molecule has 0 saturated carbocycles. The van der Waals surface area contributed by atoms with Crippen molar-refractivity contribution < 1.29 is 0 Å². The minimum atomic E-state index is 0. The average Bonchev–Trinajstić information content (AvgIpc) is 2.87. The minimum Gasteiger partial charge on any atom is -0.358 e. The van der Waals surface area contributed by atoms with E-state index in [9.17, 15) is 0 Å². The van der Waals surface area contributed by atoms with E-state index >= 15 is 0 Å². The molecule has 0 amide bonds. The molecule has 0 bridgehead atoms. The van der Waals surface area contributed by atoms with Crippen LogP contribution in [0.15, 0.2) is 36.5 Å². The Morgan fingerprint density at radius 2 is 1.76 bits per heavy atom. The van der Waals surface area contributed by atoms with E-state index < -0.39 is 0 Å². The SMILES string of the molecule is Cc1nc(-c2ccc(CCN)cc2)c2[nH]ccc2n1.Cl.Cl. The highest BCUT2D eigenvalue weighted by molar-refractivity contribution is 5.89. The van der Waals surface area contributed by atoms with E-state index in [0.717, 1.165) is 34.5 Å². The lowest BCUT2D eigenvalue weighted by atomic mass is 10.1. The fourth-order valence-corrected chi connectivity index (χ4v) is 2.27. The number of hydrogen-bond donors (Lipinski definition) is 2. The number of nitrogens with two attached hydrogens (primary N) is 1. The molecular weight excluding hydrogens is 307 g/mol. The average molecular weight is 325 g/mol. The first-order valence-corrected chi connectivity index (χ1v) is 6.39. The zero-order valence-electron chi connectivity index (χ0n) is 11.7. The van der Waals surface area contributed by atoms with Crippen molar-refractivity contribution in [3.05, 3.63) is 47.9 Å². The summed E-state index contributed by atoms with van der Waals surface area (Å²) in [5.74, 6) is 0.785. The topological polar surface area (TPSA) is 67.6 Å². The molecule has 0 saturated heterocycles. The molecular formula is C15H18Cl2N4. The number of halogens is 2. The molecule has 0 radical (unpaired) electrons. The van der Waals surface area contributed by atoms with Gasteiger partial charge in [0.25, 0.3) is 0 Å². The highest BCUT2D eigenvalue weighted by atomic mass is 35.5. The first-order chi connectivity index (χ1) is 9.28. The number of rotatable bonds is 3. The predicted octanol–water partition coefficient (Wildman–Crippen LogP) is 3.28. The van der Waals surface area contributed by atoms with Gasteiger partial charge in [-0.25, -0.2) is 9.97 Å². The standard InChI is InChI=1S/C15H16N4.2ClH/c1-10-18-13-7-9-17-15(13)14(19-10)12-4-2-11(3-5-12)6-8-16;;/h2-5,7,9,17H,6,8,16H2,1H3;2*1H. The Kier molecular flexibility index (Phi) is 6.15. The molecule has 2 aromatic heterocycles. The van der Waals surface area contributed by atoms with Crippen molar-refractivity contribution in [2.24, 2.45) is 5.73 Å². The number of aromatic nitrogens is 3. The van der Waals surface area contributed by atoms with Gasteiger partial charge in [-0.1, -0.05) is 24.3 Å². The van der Waals surface area contributed by atoms with Gasteiger partial charge in [0.1, 0.15) is 5.82 Å². The van der Waals surface area contributed by atoms with Gasteiger partial charge in [0.05, 0.1) is 16.7 Å². The number of benzene rings is 1. The number of nitrogens with one attached hydrogen (secondary N) is 1. The Morgan fingerprint density at radius 1 is 1.05 bits per heavy atom. The molecule has 0 aliphatic carbocycles. The summed E-state index contributed by atoms with van der Waals surface area (Å²) < 4.78 is 0. The zero-order valence-corrected chi connectivity index (χ0v) is 13.3. The van der Waals surface area contributed by atoms with Crippen LogP contribution in [0.5, 0.6) is 0 Å². The third kappa shape index (κ3) is 3.53. The van der Waals surface area contributed by atoms with E-state index in [1.165, 1.54) is 5.56 Å². The van der Waals surface area contributed by atoms with Crippen molar-refractivity contribution in [1.82, 2.24) is 15.0 Å². The van der Waals surface area contributed by atoms with Gasteiger partial charge in [-0.15, -0.1) is 24.8 Å². The second-order valence-corrected chi connectivity index (χ2v) is 4.59. The van der Waals surface area contributed by atoms with Crippen molar-refractivity contribution in [3.8, 4) is 11.3 Å². The highest BCUT2D eigenvalue weighted by Gasteiger charge is 2.08. The monoisotopic (exact) mass is 324 g/mol. The Labute approximate surface area is 136 Å². The number of aryl methyl sites for hydroxylation is 1. The Bertz CT molecular complexity index is 707. The molecule has 2 heterocycles. The van der Waals surface area contributed by atoms with Crippen LogP contribution in [0.25, 0.3) is 22.3 Å². The molecule has 3 aromatic rings. The van der Waals surface area contributed by atoms with Crippen molar-refractivity contribution in [2.45, 2.75) is 13.3 Å². The highest BCUT2D eigenvalue weighted by Crippen LogP contribution is 2.25. The summed E-state index contributed by atoms with van der Waals surface area (Å²) in [4.78, 5) is 12.2. The van der Waals surface area contributed by atoms with Gasteiger partial charge in [-0.05, 0) is 31.5 Å². The van der Waals surface area contributed by atoms with Crippen LogP contribution in [0.3, 0.4) is 0 Å². The fourth-order valence-electron chi connectivity index (χ4n) is 2.27. The van der Waals surface area contributed by atoms with Crippen molar-refractivity contribution in [1.29, 1.82) is 0 Å². The van der Waals surface area contributed by atoms with Gasteiger partial charge < -0.3 is 10.7 Å². The maximum Gasteiger partial charge on any atom is 0.126 e. The molecule has 0 unspecified atom stereocenters. The van der Waals surface area contributed by atoms with Crippen LogP contribution in [0.4, 0.5) is 0 Å². The van der Waals surface area contributed by atoms with E-state index in [4.69, 9.17) is 5.73 Å². The Hall–Kier alpha value is -1.62. The van der Waals surface area contributed by atoms with Crippen LogP contribution < -0.4 is 5.73 Å². The van der Waals surface area contributed by atoms with Gasteiger partial charge in [-0.2, -0.15) is 0 Å². The maximum absolute atomic E-state index is 5.56. The van der Waals surface area contributed by atoms with Gasteiger partial charge in [0.2, 0.25) is 0 Å². The first-order valence-electron chi connectivity index (χ1n) is 6.39. The summed E-state index contributed by atoms with van der Waals surface area (Å²) in [5.41, 5.74) is 10.8. The molecule has 4 nitrogen and oxygen atoms in total. The summed E-state index contributed by atoms with van der Waals surface area (Å²) in [7, 11) is 0. The van der Waals surface area contributed by atoms with Crippen molar-refractivity contribution in [3.63, 3.8) is 0 Å². The smallest absolute Gasteiger partial charge is 0.126 e. The molecule has 0 atom stereocenters. The van der Waals surface area contributed by atoms with E-state index in [-0.39, 0.29) is 24.8 Å². The summed E-state index contributed by atoms with van der Waals surface area (Å²) >= 11 is 0. The first kappa shape index (κ1) is 17.4. The second kappa shape index (κ2) is 7.41. The van der Waals surface area contributed by atoms with Crippen LogP contribution in [0.1, 0.15) is 11.4 Å².